The lowest BCUT2D eigenvalue weighted by Crippen LogP contribution is -2.48. The first-order valence-corrected chi connectivity index (χ1v) is 12.0. The van der Waals surface area contributed by atoms with Crippen LogP contribution in [0, 0.1) is 0 Å². The summed E-state index contributed by atoms with van der Waals surface area (Å²) < 4.78 is 0. The number of rotatable bonds is 6. The monoisotopic (exact) mass is 463 g/mol. The molecule has 2 aliphatic rings. The Bertz CT molecular complexity index is 1160. The van der Waals surface area contributed by atoms with Crippen LogP contribution in [0.3, 0.4) is 0 Å². The van der Waals surface area contributed by atoms with Gasteiger partial charge in [0.1, 0.15) is 17.7 Å². The van der Waals surface area contributed by atoms with Crippen molar-refractivity contribution in [3.63, 3.8) is 0 Å². The number of carbonyl (C=O) groups excluding carboxylic acids is 2. The van der Waals surface area contributed by atoms with E-state index in [0.29, 0.717) is 24.0 Å². The fraction of sp³-hybridized carbons (Fsp3) is 0.348. The molecule has 9 nitrogen and oxygen atoms in total. The Kier molecular flexibility index (Phi) is 5.99. The quantitative estimate of drug-likeness (QED) is 0.515. The van der Waals surface area contributed by atoms with Gasteiger partial charge in [0.15, 0.2) is 0 Å². The van der Waals surface area contributed by atoms with Gasteiger partial charge in [0.2, 0.25) is 11.7 Å². The molecule has 3 aromatic rings. The fourth-order valence-corrected chi connectivity index (χ4v) is 4.93. The number of aromatic nitrogens is 4. The summed E-state index contributed by atoms with van der Waals surface area (Å²) in [5, 5.41) is 13.1. The number of hydrogen-bond donors (Lipinski definition) is 3. The van der Waals surface area contributed by atoms with Crippen LogP contribution in [0.2, 0.25) is 0 Å². The molecule has 0 bridgehead atoms. The van der Waals surface area contributed by atoms with E-state index in [9.17, 15) is 9.59 Å². The lowest BCUT2D eigenvalue weighted by molar-refractivity contribution is -0.119. The van der Waals surface area contributed by atoms with E-state index in [1.807, 2.05) is 36.4 Å². The maximum atomic E-state index is 13.0. The molecule has 0 saturated heterocycles. The molecule has 1 aliphatic heterocycles. The number of fused-ring (bicyclic) bond motifs is 1. The van der Waals surface area contributed by atoms with Crippen LogP contribution >= 0.6 is 11.8 Å². The first-order valence-electron chi connectivity index (χ1n) is 11.0. The van der Waals surface area contributed by atoms with Crippen LogP contribution in [0.15, 0.2) is 47.5 Å². The molecule has 1 saturated carbocycles. The molecule has 2 amide bonds. The van der Waals surface area contributed by atoms with Gasteiger partial charge in [0, 0.05) is 30.2 Å². The highest BCUT2D eigenvalue weighted by molar-refractivity contribution is 7.99. The van der Waals surface area contributed by atoms with Crippen LogP contribution in [0.5, 0.6) is 0 Å². The van der Waals surface area contributed by atoms with Crippen LogP contribution < -0.4 is 15.5 Å². The number of anilines is 2. The molecular weight excluding hydrogens is 438 g/mol. The molecule has 1 aromatic carbocycles. The third-order valence-corrected chi connectivity index (χ3v) is 7.09. The summed E-state index contributed by atoms with van der Waals surface area (Å²) in [4.78, 5) is 37.1. The van der Waals surface area contributed by atoms with Gasteiger partial charge in [0.25, 0.3) is 5.91 Å². The molecular formula is C23H25N7O2S. The lowest BCUT2D eigenvalue weighted by Gasteiger charge is -2.27. The Hall–Kier alpha value is -3.40. The molecule has 1 atom stereocenters. The molecule has 2 aromatic heterocycles. The molecule has 5 rings (SSSR count). The summed E-state index contributed by atoms with van der Waals surface area (Å²) in [5.41, 5.74) is 1.80. The van der Waals surface area contributed by atoms with Crippen molar-refractivity contribution in [1.82, 2.24) is 25.5 Å². The van der Waals surface area contributed by atoms with Crippen LogP contribution in [0.1, 0.15) is 41.3 Å². The second kappa shape index (κ2) is 9.22. The largest absolute Gasteiger partial charge is 0.367 e. The average Bonchev–Trinajstić information content (AvgIpc) is 3.23. The molecule has 0 unspecified atom stereocenters. The van der Waals surface area contributed by atoms with Crippen molar-refractivity contribution < 1.29 is 9.59 Å². The van der Waals surface area contributed by atoms with Gasteiger partial charge in [-0.25, -0.2) is 9.97 Å². The van der Waals surface area contributed by atoms with E-state index in [4.69, 9.17) is 0 Å². The number of carbonyl (C=O) groups is 2. The summed E-state index contributed by atoms with van der Waals surface area (Å²) in [5.74, 6) is 1.18. The second-order valence-corrected chi connectivity index (χ2v) is 9.37. The first kappa shape index (κ1) is 21.4. The third-order valence-electron chi connectivity index (χ3n) is 5.95. The molecule has 1 aliphatic carbocycles. The van der Waals surface area contributed by atoms with Crippen molar-refractivity contribution in [2.45, 2.75) is 42.7 Å². The topological polar surface area (TPSA) is 116 Å². The van der Waals surface area contributed by atoms with Crippen molar-refractivity contribution in [3.05, 3.63) is 59.8 Å². The smallest absolute Gasteiger partial charge is 0.291 e. The van der Waals surface area contributed by atoms with Crippen molar-refractivity contribution in [2.75, 3.05) is 23.0 Å². The Morgan fingerprint density at radius 1 is 1.27 bits per heavy atom. The fourth-order valence-electron chi connectivity index (χ4n) is 3.83. The maximum absolute atomic E-state index is 13.0. The number of pyridine rings is 1. The molecule has 33 heavy (non-hydrogen) atoms. The van der Waals surface area contributed by atoms with Gasteiger partial charge >= 0.3 is 0 Å². The van der Waals surface area contributed by atoms with Gasteiger partial charge in [0.05, 0.1) is 11.9 Å². The van der Waals surface area contributed by atoms with Gasteiger partial charge in [-0.3, -0.25) is 14.7 Å². The molecule has 3 heterocycles. The van der Waals surface area contributed by atoms with Crippen LogP contribution in [-0.4, -0.2) is 56.9 Å². The minimum atomic E-state index is -0.695. The summed E-state index contributed by atoms with van der Waals surface area (Å²) >= 11 is 1.53. The zero-order valence-electron chi connectivity index (χ0n) is 18.2. The summed E-state index contributed by atoms with van der Waals surface area (Å²) in [6, 6.07) is 11.6. The number of nitrogens with zero attached hydrogens (tertiary/aromatic N) is 4. The minimum absolute atomic E-state index is 0.0248. The number of benzene rings is 1. The van der Waals surface area contributed by atoms with E-state index in [-0.39, 0.29) is 11.7 Å². The Morgan fingerprint density at radius 2 is 2.09 bits per heavy atom. The van der Waals surface area contributed by atoms with E-state index >= 15 is 0 Å². The number of H-pyrrole nitrogens is 1. The standard InChI is InChI=1S/C23H25N7O2S/c1-30-17-12-24-19(25-15-8-5-9-15)11-18(17)33-13-16(23(30)32)26-22(31)21-27-20(28-29-21)10-14-6-3-2-4-7-14/h2-4,6-7,11-12,15-16H,5,8-10,13H2,1H3,(H,24,25)(H,26,31)(H,27,28,29)/t16-/m0/s1. The number of aromatic amines is 1. The van der Waals surface area contributed by atoms with Gasteiger partial charge in [-0.05, 0) is 30.9 Å². The molecule has 0 radical (unpaired) electrons. The van der Waals surface area contributed by atoms with E-state index in [0.717, 1.165) is 34.8 Å². The van der Waals surface area contributed by atoms with E-state index in [2.05, 4.69) is 30.8 Å². The number of amides is 2. The molecule has 170 valence electrons. The van der Waals surface area contributed by atoms with Crippen LogP contribution in [-0.2, 0) is 11.2 Å². The predicted molar refractivity (Wildman–Crippen MR) is 127 cm³/mol. The van der Waals surface area contributed by atoms with Crippen LogP contribution in [0.4, 0.5) is 11.5 Å². The maximum Gasteiger partial charge on any atom is 0.291 e. The second-order valence-electron chi connectivity index (χ2n) is 8.31. The summed E-state index contributed by atoms with van der Waals surface area (Å²) in [7, 11) is 1.71. The normalized spacial score (nSPS) is 18.3. The van der Waals surface area contributed by atoms with Crippen LogP contribution in [0.25, 0.3) is 0 Å². The third kappa shape index (κ3) is 4.70. The number of thioether (sulfide) groups is 1. The zero-order chi connectivity index (χ0) is 22.8. The highest BCUT2D eigenvalue weighted by atomic mass is 32.2. The van der Waals surface area contributed by atoms with E-state index in [1.165, 1.54) is 18.2 Å². The number of hydrogen-bond acceptors (Lipinski definition) is 7. The number of nitrogens with one attached hydrogen (secondary N) is 3. The Labute approximate surface area is 195 Å². The van der Waals surface area contributed by atoms with Gasteiger partial charge < -0.3 is 15.5 Å². The predicted octanol–water partition coefficient (Wildman–Crippen LogP) is 2.62. The van der Waals surface area contributed by atoms with E-state index in [1.54, 1.807) is 18.1 Å². The van der Waals surface area contributed by atoms with Gasteiger partial charge in [-0.1, -0.05) is 30.3 Å². The average molecular weight is 464 g/mol. The highest BCUT2D eigenvalue weighted by Crippen LogP contribution is 2.35. The van der Waals surface area contributed by atoms with Gasteiger partial charge in [-0.15, -0.1) is 16.9 Å². The van der Waals surface area contributed by atoms with Gasteiger partial charge in [-0.2, -0.15) is 0 Å². The highest BCUT2D eigenvalue weighted by Gasteiger charge is 2.31. The zero-order valence-corrected chi connectivity index (χ0v) is 19.1. The first-order chi connectivity index (χ1) is 16.1. The van der Waals surface area contributed by atoms with Crippen molar-refractivity contribution in [1.29, 1.82) is 0 Å². The summed E-state index contributed by atoms with van der Waals surface area (Å²) in [6.45, 7) is 0. The molecule has 10 heteroatoms. The lowest BCUT2D eigenvalue weighted by atomic mass is 9.93. The minimum Gasteiger partial charge on any atom is -0.367 e. The van der Waals surface area contributed by atoms with Crippen molar-refractivity contribution in [3.8, 4) is 0 Å². The molecule has 1 fully saturated rings. The van der Waals surface area contributed by atoms with Crippen molar-refractivity contribution in [2.24, 2.45) is 0 Å². The number of likely N-dealkylation sites (N-methyl/N-ethyl adjacent to an activating group) is 1. The van der Waals surface area contributed by atoms with Crippen molar-refractivity contribution >= 4 is 35.1 Å². The van der Waals surface area contributed by atoms with E-state index < -0.39 is 11.9 Å². The summed E-state index contributed by atoms with van der Waals surface area (Å²) in [6.07, 6.45) is 5.83. The SMILES string of the molecule is CN1C(=O)[C@@H](NC(=O)c2n[nH]c(Cc3ccccc3)n2)CSc2cc(NC3CCC3)ncc21. The Morgan fingerprint density at radius 3 is 2.85 bits per heavy atom. The Balaban J connectivity index is 1.25. The molecule has 0 spiro atoms. The molecule has 3 N–H and O–H groups in total.